The van der Waals surface area contributed by atoms with Crippen LogP contribution in [0.2, 0.25) is 0 Å². The highest BCUT2D eigenvalue weighted by molar-refractivity contribution is 7.09. The zero-order valence-electron chi connectivity index (χ0n) is 12.6. The standard InChI is InChI=1S/C16H13F2N3O2S/c1-10-9-24-14(19-10)8-21-15(22)7-6-13(20-21)11-2-4-12(5-3-11)23-16(17)18/h2-7,9,16H,8H2,1H3. The molecule has 5 nitrogen and oxygen atoms in total. The van der Waals surface area contributed by atoms with Crippen LogP contribution >= 0.6 is 11.3 Å². The molecule has 0 aliphatic rings. The minimum absolute atomic E-state index is 0.0698. The van der Waals surface area contributed by atoms with Gasteiger partial charge in [0.25, 0.3) is 5.56 Å². The van der Waals surface area contributed by atoms with Gasteiger partial charge in [0.2, 0.25) is 0 Å². The van der Waals surface area contributed by atoms with Crippen molar-refractivity contribution in [1.82, 2.24) is 14.8 Å². The third-order valence-corrected chi connectivity index (χ3v) is 4.14. The van der Waals surface area contributed by atoms with Crippen LogP contribution in [0.1, 0.15) is 10.7 Å². The molecule has 0 N–H and O–H groups in total. The summed E-state index contributed by atoms with van der Waals surface area (Å²) in [6, 6.07) is 9.11. The van der Waals surface area contributed by atoms with Gasteiger partial charge in [-0.25, -0.2) is 9.67 Å². The molecule has 8 heteroatoms. The zero-order chi connectivity index (χ0) is 17.1. The predicted octanol–water partition coefficient (Wildman–Crippen LogP) is 3.32. The molecule has 0 amide bonds. The number of rotatable bonds is 5. The molecule has 0 radical (unpaired) electrons. The lowest BCUT2D eigenvalue weighted by Gasteiger charge is -2.07. The van der Waals surface area contributed by atoms with E-state index in [-0.39, 0.29) is 17.9 Å². The molecule has 0 bridgehead atoms. The number of thiazole rings is 1. The van der Waals surface area contributed by atoms with Crippen LogP contribution < -0.4 is 10.3 Å². The first-order valence-corrected chi connectivity index (χ1v) is 7.93. The lowest BCUT2D eigenvalue weighted by molar-refractivity contribution is -0.0498. The van der Waals surface area contributed by atoms with Gasteiger partial charge in [0.1, 0.15) is 10.8 Å². The maximum Gasteiger partial charge on any atom is 0.387 e. The van der Waals surface area contributed by atoms with Crippen molar-refractivity contribution < 1.29 is 13.5 Å². The monoisotopic (exact) mass is 349 g/mol. The van der Waals surface area contributed by atoms with E-state index in [0.717, 1.165) is 10.7 Å². The van der Waals surface area contributed by atoms with Crippen molar-refractivity contribution in [3.05, 3.63) is 62.8 Å². The third-order valence-electron chi connectivity index (χ3n) is 3.19. The average Bonchev–Trinajstić information content (AvgIpc) is 2.95. The van der Waals surface area contributed by atoms with Gasteiger partial charge in [0, 0.05) is 22.7 Å². The highest BCUT2D eigenvalue weighted by atomic mass is 32.1. The first-order valence-electron chi connectivity index (χ1n) is 7.06. The number of hydrogen-bond acceptors (Lipinski definition) is 5. The van der Waals surface area contributed by atoms with Gasteiger partial charge in [0.05, 0.1) is 12.2 Å². The second kappa shape index (κ2) is 6.88. The highest BCUT2D eigenvalue weighted by Crippen LogP contribution is 2.21. The number of hydrogen-bond donors (Lipinski definition) is 0. The number of aromatic nitrogens is 3. The zero-order valence-corrected chi connectivity index (χ0v) is 13.5. The molecule has 0 unspecified atom stereocenters. The molecule has 0 aliphatic heterocycles. The number of halogens is 2. The lowest BCUT2D eigenvalue weighted by atomic mass is 10.1. The van der Waals surface area contributed by atoms with Crippen LogP contribution in [0.5, 0.6) is 5.75 Å². The van der Waals surface area contributed by atoms with Crippen LogP contribution in [0.4, 0.5) is 8.78 Å². The van der Waals surface area contributed by atoms with Crippen LogP contribution in [0.25, 0.3) is 11.3 Å². The first kappa shape index (κ1) is 16.3. The maximum atomic E-state index is 12.2. The van der Waals surface area contributed by atoms with Gasteiger partial charge in [-0.3, -0.25) is 4.79 Å². The van der Waals surface area contributed by atoms with Crippen LogP contribution in [0.15, 0.2) is 46.6 Å². The summed E-state index contributed by atoms with van der Waals surface area (Å²) in [5.41, 5.74) is 1.92. The molecule has 0 aliphatic carbocycles. The van der Waals surface area contributed by atoms with Gasteiger partial charge < -0.3 is 4.74 Å². The summed E-state index contributed by atoms with van der Waals surface area (Å²) in [5, 5.41) is 7.02. The van der Waals surface area contributed by atoms with E-state index in [4.69, 9.17) is 0 Å². The van der Waals surface area contributed by atoms with Gasteiger partial charge in [-0.1, -0.05) is 0 Å². The first-order chi connectivity index (χ1) is 11.5. The van der Waals surface area contributed by atoms with E-state index in [1.54, 1.807) is 18.2 Å². The molecular formula is C16H13F2N3O2S. The molecule has 0 spiro atoms. The van der Waals surface area contributed by atoms with E-state index in [2.05, 4.69) is 14.8 Å². The van der Waals surface area contributed by atoms with Crippen molar-refractivity contribution in [2.24, 2.45) is 0 Å². The van der Waals surface area contributed by atoms with Crippen molar-refractivity contribution in [2.75, 3.05) is 0 Å². The molecule has 0 fully saturated rings. The largest absolute Gasteiger partial charge is 0.435 e. The van der Waals surface area contributed by atoms with E-state index in [1.165, 1.54) is 34.2 Å². The fourth-order valence-electron chi connectivity index (χ4n) is 2.13. The molecular weight excluding hydrogens is 336 g/mol. The maximum absolute atomic E-state index is 12.2. The molecule has 3 aromatic rings. The summed E-state index contributed by atoms with van der Waals surface area (Å²) in [4.78, 5) is 16.3. The Bertz CT molecular complexity index is 891. The Labute approximate surface area is 140 Å². The van der Waals surface area contributed by atoms with E-state index in [0.29, 0.717) is 11.3 Å². The van der Waals surface area contributed by atoms with Crippen molar-refractivity contribution in [3.63, 3.8) is 0 Å². The third kappa shape index (κ3) is 3.83. The average molecular weight is 349 g/mol. The second-order valence-electron chi connectivity index (χ2n) is 5.00. The van der Waals surface area contributed by atoms with Gasteiger partial charge >= 0.3 is 6.61 Å². The predicted molar refractivity (Wildman–Crippen MR) is 86.5 cm³/mol. The Morgan fingerprint density at radius 1 is 1.21 bits per heavy atom. The Balaban J connectivity index is 1.86. The van der Waals surface area contributed by atoms with Crippen molar-refractivity contribution in [1.29, 1.82) is 0 Å². The molecule has 0 saturated carbocycles. The van der Waals surface area contributed by atoms with Gasteiger partial charge in [-0.05, 0) is 37.3 Å². The van der Waals surface area contributed by atoms with Crippen molar-refractivity contribution >= 4 is 11.3 Å². The van der Waals surface area contributed by atoms with Gasteiger partial charge in [-0.15, -0.1) is 11.3 Å². The van der Waals surface area contributed by atoms with E-state index in [1.807, 2.05) is 12.3 Å². The number of alkyl halides is 2. The van der Waals surface area contributed by atoms with Crippen LogP contribution in [-0.4, -0.2) is 21.4 Å². The fourth-order valence-corrected chi connectivity index (χ4v) is 2.88. The molecule has 124 valence electrons. The summed E-state index contributed by atoms with van der Waals surface area (Å²) < 4.78 is 30.0. The minimum atomic E-state index is -2.86. The number of benzene rings is 1. The van der Waals surface area contributed by atoms with Crippen molar-refractivity contribution in [3.8, 4) is 17.0 Å². The summed E-state index contributed by atoms with van der Waals surface area (Å²) >= 11 is 1.46. The summed E-state index contributed by atoms with van der Waals surface area (Å²) in [7, 11) is 0. The highest BCUT2D eigenvalue weighted by Gasteiger charge is 2.08. The number of ether oxygens (including phenoxy) is 1. The molecule has 2 aromatic heterocycles. The molecule has 1 aromatic carbocycles. The fraction of sp³-hybridized carbons (Fsp3) is 0.188. The Hall–Kier alpha value is -2.61. The number of nitrogens with zero attached hydrogens (tertiary/aromatic N) is 3. The van der Waals surface area contributed by atoms with Gasteiger partial charge in [-0.2, -0.15) is 13.9 Å². The van der Waals surface area contributed by atoms with Crippen LogP contribution in [0, 0.1) is 6.92 Å². The topological polar surface area (TPSA) is 57.0 Å². The van der Waals surface area contributed by atoms with E-state index in [9.17, 15) is 13.6 Å². The Morgan fingerprint density at radius 2 is 1.96 bits per heavy atom. The van der Waals surface area contributed by atoms with Crippen LogP contribution in [0.3, 0.4) is 0 Å². The molecule has 3 rings (SSSR count). The molecule has 2 heterocycles. The van der Waals surface area contributed by atoms with E-state index < -0.39 is 6.61 Å². The minimum Gasteiger partial charge on any atom is -0.435 e. The lowest BCUT2D eigenvalue weighted by Crippen LogP contribution is -2.22. The van der Waals surface area contributed by atoms with Gasteiger partial charge in [0.15, 0.2) is 0 Å². The second-order valence-corrected chi connectivity index (χ2v) is 5.94. The van der Waals surface area contributed by atoms with E-state index >= 15 is 0 Å². The summed E-state index contributed by atoms with van der Waals surface area (Å²) in [5.74, 6) is 0.0698. The summed E-state index contributed by atoms with van der Waals surface area (Å²) in [6.07, 6.45) is 0. The summed E-state index contributed by atoms with van der Waals surface area (Å²) in [6.45, 7) is -0.689. The SMILES string of the molecule is Cc1csc(Cn2nc(-c3ccc(OC(F)F)cc3)ccc2=O)n1. The molecule has 0 atom stereocenters. The quantitative estimate of drug-likeness (QED) is 0.709. The Morgan fingerprint density at radius 3 is 2.58 bits per heavy atom. The Kier molecular flexibility index (Phi) is 4.66. The molecule has 24 heavy (non-hydrogen) atoms. The van der Waals surface area contributed by atoms with Crippen LogP contribution in [-0.2, 0) is 6.54 Å². The molecule has 0 saturated heterocycles. The number of aryl methyl sites for hydroxylation is 1. The normalized spacial score (nSPS) is 11.0. The van der Waals surface area contributed by atoms with Crippen molar-refractivity contribution in [2.45, 2.75) is 20.1 Å². The smallest absolute Gasteiger partial charge is 0.387 e.